The van der Waals surface area contributed by atoms with Gasteiger partial charge in [0.25, 0.3) is 0 Å². The number of H-pyrrole nitrogens is 1. The van der Waals surface area contributed by atoms with Crippen LogP contribution in [0.5, 0.6) is 0 Å². The van der Waals surface area contributed by atoms with E-state index in [0.717, 1.165) is 9.71 Å². The lowest BCUT2D eigenvalue weighted by Crippen LogP contribution is -1.96. The Morgan fingerprint density at radius 2 is 2.38 bits per heavy atom. The summed E-state index contributed by atoms with van der Waals surface area (Å²) in [5.41, 5.74) is 0.792. The fourth-order valence-electron chi connectivity index (χ4n) is 1.09. The highest BCUT2D eigenvalue weighted by atomic mass is 79.9. The summed E-state index contributed by atoms with van der Waals surface area (Å²) < 4.78 is 1.44. The standard InChI is InChI=1S/C7H5BrN2O2S/c1-2-9-6-5(13-2)3(8)4(10-6)7(11)12/h10H,1H3,(H,11,12). The van der Waals surface area contributed by atoms with E-state index in [0.29, 0.717) is 10.1 Å². The first-order valence-corrected chi connectivity index (χ1v) is 5.08. The normalized spacial score (nSPS) is 10.9. The van der Waals surface area contributed by atoms with Gasteiger partial charge in [0.2, 0.25) is 0 Å². The van der Waals surface area contributed by atoms with E-state index in [9.17, 15) is 4.79 Å². The van der Waals surface area contributed by atoms with Crippen LogP contribution in [-0.4, -0.2) is 21.0 Å². The van der Waals surface area contributed by atoms with Gasteiger partial charge in [0.1, 0.15) is 5.69 Å². The van der Waals surface area contributed by atoms with Crippen molar-refractivity contribution in [3.63, 3.8) is 0 Å². The molecule has 2 rings (SSSR count). The third-order valence-electron chi connectivity index (χ3n) is 1.61. The molecule has 0 saturated carbocycles. The zero-order valence-corrected chi connectivity index (χ0v) is 8.99. The van der Waals surface area contributed by atoms with Crippen LogP contribution in [0, 0.1) is 6.92 Å². The summed E-state index contributed by atoms with van der Waals surface area (Å²) in [5.74, 6) is -0.977. The molecule has 2 aromatic heterocycles. The highest BCUT2D eigenvalue weighted by molar-refractivity contribution is 9.10. The predicted molar refractivity (Wildman–Crippen MR) is 53.4 cm³/mol. The molecule has 0 saturated heterocycles. The van der Waals surface area contributed by atoms with E-state index in [2.05, 4.69) is 25.9 Å². The molecule has 0 amide bonds. The molecule has 0 radical (unpaired) electrons. The molecule has 0 aliphatic heterocycles. The van der Waals surface area contributed by atoms with E-state index in [1.54, 1.807) is 0 Å². The van der Waals surface area contributed by atoms with E-state index in [-0.39, 0.29) is 5.69 Å². The van der Waals surface area contributed by atoms with E-state index >= 15 is 0 Å². The summed E-state index contributed by atoms with van der Waals surface area (Å²) in [6.07, 6.45) is 0. The van der Waals surface area contributed by atoms with Crippen molar-refractivity contribution in [1.29, 1.82) is 0 Å². The van der Waals surface area contributed by atoms with Crippen molar-refractivity contribution in [2.45, 2.75) is 6.92 Å². The average Bonchev–Trinajstić information content (AvgIpc) is 2.51. The van der Waals surface area contributed by atoms with Gasteiger partial charge < -0.3 is 10.1 Å². The molecule has 13 heavy (non-hydrogen) atoms. The molecule has 0 aromatic carbocycles. The van der Waals surface area contributed by atoms with Crippen molar-refractivity contribution < 1.29 is 9.90 Å². The van der Waals surface area contributed by atoms with Crippen LogP contribution < -0.4 is 0 Å². The number of hydrogen-bond acceptors (Lipinski definition) is 3. The second-order valence-electron chi connectivity index (χ2n) is 2.53. The molecule has 0 atom stereocenters. The number of fused-ring (bicyclic) bond motifs is 1. The number of aromatic nitrogens is 2. The highest BCUT2D eigenvalue weighted by Gasteiger charge is 2.17. The van der Waals surface area contributed by atoms with E-state index in [1.807, 2.05) is 6.92 Å². The summed E-state index contributed by atoms with van der Waals surface area (Å²) in [6.45, 7) is 1.88. The van der Waals surface area contributed by atoms with Crippen molar-refractivity contribution in [2.75, 3.05) is 0 Å². The van der Waals surface area contributed by atoms with Crippen molar-refractivity contribution in [3.05, 3.63) is 15.2 Å². The third kappa shape index (κ3) is 1.26. The van der Waals surface area contributed by atoms with E-state index in [4.69, 9.17) is 5.11 Å². The fraction of sp³-hybridized carbons (Fsp3) is 0.143. The second kappa shape index (κ2) is 2.81. The van der Waals surface area contributed by atoms with Gasteiger partial charge in [-0.05, 0) is 22.9 Å². The topological polar surface area (TPSA) is 66.0 Å². The first kappa shape index (κ1) is 8.71. The zero-order chi connectivity index (χ0) is 9.59. The molecule has 68 valence electrons. The maximum absolute atomic E-state index is 10.7. The molecule has 0 unspecified atom stereocenters. The van der Waals surface area contributed by atoms with Gasteiger partial charge in [-0.1, -0.05) is 0 Å². The van der Waals surface area contributed by atoms with Crippen LogP contribution >= 0.6 is 27.3 Å². The van der Waals surface area contributed by atoms with Gasteiger partial charge in [-0.25, -0.2) is 9.78 Å². The largest absolute Gasteiger partial charge is 0.477 e. The molecule has 0 aliphatic carbocycles. The number of aromatic amines is 1. The quantitative estimate of drug-likeness (QED) is 0.828. The van der Waals surface area contributed by atoms with Crippen LogP contribution in [0.4, 0.5) is 0 Å². The first-order valence-electron chi connectivity index (χ1n) is 3.47. The molecule has 2 heterocycles. The van der Waals surface area contributed by atoms with Crippen LogP contribution in [0.2, 0.25) is 0 Å². The highest BCUT2D eigenvalue weighted by Crippen LogP contribution is 2.32. The Bertz CT molecular complexity index is 488. The molecule has 2 aromatic rings. The molecule has 0 spiro atoms. The maximum Gasteiger partial charge on any atom is 0.353 e. The lowest BCUT2D eigenvalue weighted by molar-refractivity contribution is 0.0690. The van der Waals surface area contributed by atoms with Gasteiger partial charge in [-0.3, -0.25) is 0 Å². The number of aryl methyl sites for hydroxylation is 1. The monoisotopic (exact) mass is 260 g/mol. The maximum atomic E-state index is 10.7. The lowest BCUT2D eigenvalue weighted by Gasteiger charge is -1.87. The molecule has 0 fully saturated rings. The number of carboxylic acid groups (broad SMARTS) is 1. The molecule has 2 N–H and O–H groups in total. The number of aromatic carboxylic acids is 1. The van der Waals surface area contributed by atoms with Crippen molar-refractivity contribution in [1.82, 2.24) is 9.97 Å². The van der Waals surface area contributed by atoms with Gasteiger partial charge in [0.15, 0.2) is 5.65 Å². The number of nitrogens with zero attached hydrogens (tertiary/aromatic N) is 1. The smallest absolute Gasteiger partial charge is 0.353 e. The minimum absolute atomic E-state index is 0.161. The Labute approximate surface area is 85.7 Å². The van der Waals surface area contributed by atoms with E-state index in [1.165, 1.54) is 11.3 Å². The Balaban J connectivity index is 2.76. The predicted octanol–water partition coefficient (Wildman–Crippen LogP) is 2.39. The minimum Gasteiger partial charge on any atom is -0.477 e. The van der Waals surface area contributed by atoms with Gasteiger partial charge >= 0.3 is 5.97 Å². The molecular formula is C7H5BrN2O2S. The summed E-state index contributed by atoms with van der Waals surface area (Å²) in [6, 6.07) is 0. The molecule has 0 aliphatic rings. The molecule has 0 bridgehead atoms. The minimum atomic E-state index is -0.977. The van der Waals surface area contributed by atoms with E-state index < -0.39 is 5.97 Å². The number of rotatable bonds is 1. The fourth-order valence-corrected chi connectivity index (χ4v) is 2.61. The van der Waals surface area contributed by atoms with Gasteiger partial charge in [-0.2, -0.15) is 0 Å². The zero-order valence-electron chi connectivity index (χ0n) is 6.59. The lowest BCUT2D eigenvalue weighted by atomic mass is 10.4. The number of nitrogens with one attached hydrogen (secondary N) is 1. The van der Waals surface area contributed by atoms with Crippen LogP contribution in [0.3, 0.4) is 0 Å². The van der Waals surface area contributed by atoms with Crippen LogP contribution in [0.15, 0.2) is 4.47 Å². The number of halogens is 1. The molecule has 6 heteroatoms. The second-order valence-corrected chi connectivity index (χ2v) is 4.53. The number of hydrogen-bond donors (Lipinski definition) is 2. The summed E-state index contributed by atoms with van der Waals surface area (Å²) >= 11 is 4.69. The Kier molecular flexibility index (Phi) is 1.88. The number of carboxylic acids is 1. The SMILES string of the molecule is Cc1nc2[nH]c(C(=O)O)c(Br)c2s1. The third-order valence-corrected chi connectivity index (χ3v) is 3.65. The van der Waals surface area contributed by atoms with Crippen LogP contribution in [0.25, 0.3) is 10.3 Å². The van der Waals surface area contributed by atoms with Crippen molar-refractivity contribution in [3.8, 4) is 0 Å². The Morgan fingerprint density at radius 1 is 1.69 bits per heavy atom. The number of carbonyl (C=O) groups is 1. The van der Waals surface area contributed by atoms with Crippen molar-refractivity contribution in [2.24, 2.45) is 0 Å². The molecular weight excluding hydrogens is 256 g/mol. The summed E-state index contributed by atoms with van der Waals surface area (Å²) in [4.78, 5) is 17.6. The first-order chi connectivity index (χ1) is 6.09. The van der Waals surface area contributed by atoms with Gasteiger partial charge in [0.05, 0.1) is 14.2 Å². The summed E-state index contributed by atoms with van der Waals surface area (Å²) in [7, 11) is 0. The average molecular weight is 261 g/mol. The number of thiazole rings is 1. The summed E-state index contributed by atoms with van der Waals surface area (Å²) in [5, 5.41) is 9.69. The van der Waals surface area contributed by atoms with Gasteiger partial charge in [0, 0.05) is 0 Å². The van der Waals surface area contributed by atoms with Gasteiger partial charge in [-0.15, -0.1) is 11.3 Å². The van der Waals surface area contributed by atoms with Crippen molar-refractivity contribution >= 4 is 43.6 Å². The Hall–Kier alpha value is -0.880. The van der Waals surface area contributed by atoms with Crippen LogP contribution in [0.1, 0.15) is 15.5 Å². The van der Waals surface area contributed by atoms with Crippen LogP contribution in [-0.2, 0) is 0 Å². The Morgan fingerprint density at radius 3 is 2.92 bits per heavy atom. The molecule has 4 nitrogen and oxygen atoms in total.